The highest BCUT2D eigenvalue weighted by Crippen LogP contribution is 2.30. The van der Waals surface area contributed by atoms with E-state index in [-0.39, 0.29) is 0 Å². The van der Waals surface area contributed by atoms with E-state index in [0.717, 1.165) is 33.4 Å². The molecule has 0 saturated carbocycles. The van der Waals surface area contributed by atoms with E-state index < -0.39 is 7.12 Å². The van der Waals surface area contributed by atoms with Gasteiger partial charge in [-0.2, -0.15) is 0 Å². The number of aryl methyl sites for hydroxylation is 3. The first kappa shape index (κ1) is 35.9. The van der Waals surface area contributed by atoms with Crippen LogP contribution in [0.5, 0.6) is 0 Å². The highest BCUT2D eigenvalue weighted by Gasteiger charge is 2.14. The van der Waals surface area contributed by atoms with Crippen LogP contribution in [0.15, 0.2) is 176 Å². The van der Waals surface area contributed by atoms with Crippen molar-refractivity contribution >= 4 is 12.6 Å². The molecule has 0 aliphatic heterocycles. The minimum Gasteiger partial charge on any atom is -0.423 e. The van der Waals surface area contributed by atoms with Gasteiger partial charge >= 0.3 is 7.12 Å². The van der Waals surface area contributed by atoms with Crippen molar-refractivity contribution < 1.29 is 10.0 Å². The maximum absolute atomic E-state index is 8.58. The van der Waals surface area contributed by atoms with Crippen LogP contribution in [0.4, 0.5) is 0 Å². The van der Waals surface area contributed by atoms with Crippen LogP contribution in [0.3, 0.4) is 0 Å². The Balaban J connectivity index is 0.000000440. The first-order valence-electron chi connectivity index (χ1n) is 18.0. The molecule has 0 amide bonds. The van der Waals surface area contributed by atoms with Gasteiger partial charge in [-0.05, 0) is 59.6 Å². The molecule has 0 aliphatic carbocycles. The molecule has 1 heterocycles. The van der Waals surface area contributed by atoms with Gasteiger partial charge in [-0.3, -0.25) is 0 Å². The summed E-state index contributed by atoms with van der Waals surface area (Å²) in [5.74, 6) is 1.95. The third-order valence-corrected chi connectivity index (χ3v) is 9.32. The lowest BCUT2D eigenvalue weighted by Gasteiger charge is -2.10. The van der Waals surface area contributed by atoms with E-state index >= 15 is 0 Å². The van der Waals surface area contributed by atoms with Crippen LogP contribution in [0.25, 0.3) is 67.5 Å². The quantitative estimate of drug-likeness (QED) is 0.162. The summed E-state index contributed by atoms with van der Waals surface area (Å²) in [5.41, 5.74) is 14.2. The van der Waals surface area contributed by atoms with Crippen molar-refractivity contribution in [3.05, 3.63) is 193 Å². The molecular formula is C48H40BN3O2. The Bertz CT molecular complexity index is 2170. The van der Waals surface area contributed by atoms with Gasteiger partial charge in [-0.15, -0.1) is 0 Å². The van der Waals surface area contributed by atoms with Gasteiger partial charge in [0, 0.05) is 16.7 Å². The lowest BCUT2D eigenvalue weighted by Crippen LogP contribution is -2.29. The topological polar surface area (TPSA) is 79.1 Å². The molecule has 1 aromatic heterocycles. The number of rotatable bonds is 7. The number of hydrogen-bond acceptors (Lipinski definition) is 5. The Morgan fingerprint density at radius 3 is 0.741 bits per heavy atom. The molecule has 8 rings (SSSR count). The molecule has 0 aliphatic rings. The molecule has 0 unspecified atom stereocenters. The summed E-state index contributed by atoms with van der Waals surface area (Å²) in [7, 11) is -1.34. The van der Waals surface area contributed by atoms with Gasteiger partial charge in [0.15, 0.2) is 17.5 Å². The molecule has 5 nitrogen and oxygen atoms in total. The Kier molecular flexibility index (Phi) is 11.0. The molecule has 2 N–H and O–H groups in total. The largest absolute Gasteiger partial charge is 0.488 e. The summed E-state index contributed by atoms with van der Waals surface area (Å²) in [5, 5.41) is 17.2. The molecule has 0 atom stereocenters. The molecule has 0 fully saturated rings. The second-order valence-electron chi connectivity index (χ2n) is 13.4. The molecular weight excluding hydrogens is 661 g/mol. The Labute approximate surface area is 317 Å². The van der Waals surface area contributed by atoms with Gasteiger partial charge in [-0.25, -0.2) is 15.0 Å². The maximum atomic E-state index is 8.58. The monoisotopic (exact) mass is 701 g/mol. The van der Waals surface area contributed by atoms with Crippen molar-refractivity contribution in [3.63, 3.8) is 0 Å². The van der Waals surface area contributed by atoms with Crippen molar-refractivity contribution in [2.24, 2.45) is 0 Å². The van der Waals surface area contributed by atoms with Crippen LogP contribution in [0.1, 0.15) is 16.7 Å². The highest BCUT2D eigenvalue weighted by molar-refractivity contribution is 6.58. The molecule has 6 heteroatoms. The fraction of sp³-hybridized carbons (Fsp3) is 0.0625. The molecule has 54 heavy (non-hydrogen) atoms. The summed E-state index contributed by atoms with van der Waals surface area (Å²) in [6.07, 6.45) is 0. The van der Waals surface area contributed by atoms with Crippen molar-refractivity contribution in [2.45, 2.75) is 20.8 Å². The number of nitrogens with zero attached hydrogens (tertiary/aromatic N) is 3. The average Bonchev–Trinajstić information content (AvgIpc) is 3.22. The van der Waals surface area contributed by atoms with Gasteiger partial charge in [0.05, 0.1) is 0 Å². The van der Waals surface area contributed by atoms with Crippen LogP contribution in [-0.2, 0) is 0 Å². The first-order chi connectivity index (χ1) is 26.3. The molecule has 7 aromatic carbocycles. The van der Waals surface area contributed by atoms with E-state index in [4.69, 9.17) is 25.0 Å². The fourth-order valence-electron chi connectivity index (χ4n) is 6.06. The lowest BCUT2D eigenvalue weighted by atomic mass is 9.81. The van der Waals surface area contributed by atoms with E-state index in [2.05, 4.69) is 166 Å². The summed E-state index contributed by atoms with van der Waals surface area (Å²) in [4.78, 5) is 14.9. The molecule has 8 aromatic rings. The standard InChI is InChI=1S/C42H33N3.C6H7BO2/c1-28-4-10-31(11-5-28)34-16-22-37(23-17-34)40-43-41(38-24-18-35(19-25-38)32-12-6-29(2)7-13-32)45-42(44-40)39-26-20-36(21-27-39)33-14-8-30(3)9-15-33;8-7(9)6-4-2-1-3-5-6/h4-27H,1-3H3;1-5,8-9H. The smallest absolute Gasteiger partial charge is 0.423 e. The first-order valence-corrected chi connectivity index (χ1v) is 18.0. The highest BCUT2D eigenvalue weighted by atomic mass is 16.4. The second-order valence-corrected chi connectivity index (χ2v) is 13.4. The van der Waals surface area contributed by atoms with Crippen molar-refractivity contribution in [3.8, 4) is 67.5 Å². The predicted molar refractivity (Wildman–Crippen MR) is 223 cm³/mol. The fourth-order valence-corrected chi connectivity index (χ4v) is 6.06. The van der Waals surface area contributed by atoms with Crippen molar-refractivity contribution in [1.82, 2.24) is 15.0 Å². The molecule has 262 valence electrons. The third-order valence-electron chi connectivity index (χ3n) is 9.32. The van der Waals surface area contributed by atoms with Crippen LogP contribution >= 0.6 is 0 Å². The summed E-state index contributed by atoms with van der Waals surface area (Å²) in [6.45, 7) is 6.32. The number of benzene rings is 7. The van der Waals surface area contributed by atoms with Gasteiger partial charge in [0.2, 0.25) is 0 Å². The van der Waals surface area contributed by atoms with Gasteiger partial charge in [0.25, 0.3) is 0 Å². The maximum Gasteiger partial charge on any atom is 0.488 e. The van der Waals surface area contributed by atoms with Crippen LogP contribution in [0.2, 0.25) is 0 Å². The zero-order valence-electron chi connectivity index (χ0n) is 30.6. The molecule has 0 radical (unpaired) electrons. The molecule has 0 saturated heterocycles. The van der Waals surface area contributed by atoms with E-state index in [1.54, 1.807) is 24.3 Å². The van der Waals surface area contributed by atoms with Crippen LogP contribution < -0.4 is 5.46 Å². The normalized spacial score (nSPS) is 10.7. The van der Waals surface area contributed by atoms with Gasteiger partial charge in [-0.1, -0.05) is 193 Å². The number of hydrogen-bond donors (Lipinski definition) is 2. The van der Waals surface area contributed by atoms with E-state index in [0.29, 0.717) is 22.9 Å². The van der Waals surface area contributed by atoms with Gasteiger partial charge < -0.3 is 10.0 Å². The SMILES string of the molecule is Cc1ccc(-c2ccc(-c3nc(-c4ccc(-c5ccc(C)cc5)cc4)nc(-c4ccc(-c5ccc(C)cc5)cc4)n3)cc2)cc1.OB(O)c1ccccc1. The van der Waals surface area contributed by atoms with Crippen LogP contribution in [-0.4, -0.2) is 32.1 Å². The van der Waals surface area contributed by atoms with Crippen LogP contribution in [0, 0.1) is 20.8 Å². The summed E-state index contributed by atoms with van der Waals surface area (Å²) in [6, 6.07) is 59.8. The Morgan fingerprint density at radius 2 is 0.519 bits per heavy atom. The lowest BCUT2D eigenvalue weighted by molar-refractivity contribution is 0.426. The zero-order valence-corrected chi connectivity index (χ0v) is 30.6. The summed E-state index contributed by atoms with van der Waals surface area (Å²) >= 11 is 0. The average molecular weight is 702 g/mol. The minimum absolute atomic E-state index is 0.525. The van der Waals surface area contributed by atoms with E-state index in [1.165, 1.54) is 33.4 Å². The van der Waals surface area contributed by atoms with Crippen molar-refractivity contribution in [1.29, 1.82) is 0 Å². The minimum atomic E-state index is -1.34. The summed E-state index contributed by atoms with van der Waals surface area (Å²) < 4.78 is 0. The van der Waals surface area contributed by atoms with Gasteiger partial charge in [0.1, 0.15) is 0 Å². The second kappa shape index (κ2) is 16.5. The van der Waals surface area contributed by atoms with E-state index in [9.17, 15) is 0 Å². The molecule has 0 spiro atoms. The zero-order chi connectivity index (χ0) is 37.4. The Morgan fingerprint density at radius 1 is 0.296 bits per heavy atom. The third kappa shape index (κ3) is 8.76. The number of aromatic nitrogens is 3. The molecule has 0 bridgehead atoms. The Hall–Kier alpha value is -6.47. The van der Waals surface area contributed by atoms with Crippen molar-refractivity contribution in [2.75, 3.05) is 0 Å². The predicted octanol–water partition coefficient (Wildman–Crippen LogP) is 10.2. The van der Waals surface area contributed by atoms with E-state index in [1.807, 2.05) is 6.07 Å².